The number of nitrogens with one attached hydrogen (secondary N) is 1. The van der Waals surface area contributed by atoms with Crippen LogP contribution in [0.5, 0.6) is 0 Å². The van der Waals surface area contributed by atoms with Crippen LogP contribution in [-0.4, -0.2) is 6.04 Å². The Bertz CT molecular complexity index is 553. The molecule has 0 aliphatic rings. The second kappa shape index (κ2) is 7.26. The third-order valence-electron chi connectivity index (χ3n) is 3.34. The van der Waals surface area contributed by atoms with Gasteiger partial charge in [0, 0.05) is 21.6 Å². The van der Waals surface area contributed by atoms with Gasteiger partial charge in [-0.2, -0.15) is 0 Å². The summed E-state index contributed by atoms with van der Waals surface area (Å²) in [5.74, 6) is 0. The number of hydrogen-bond donors (Lipinski definition) is 1. The summed E-state index contributed by atoms with van der Waals surface area (Å²) in [5.41, 5.74) is 2.56. The van der Waals surface area contributed by atoms with E-state index in [1.165, 1.54) is 11.1 Å². The fourth-order valence-electron chi connectivity index (χ4n) is 2.33. The van der Waals surface area contributed by atoms with E-state index in [1.807, 2.05) is 18.2 Å². The minimum atomic E-state index is 0.291. The van der Waals surface area contributed by atoms with Crippen molar-refractivity contribution in [2.75, 3.05) is 0 Å². The van der Waals surface area contributed by atoms with Crippen LogP contribution in [-0.2, 0) is 6.42 Å². The van der Waals surface area contributed by atoms with Crippen LogP contribution in [0.15, 0.2) is 53.0 Å². The molecule has 0 saturated carbocycles. The normalized spacial score (nSPS) is 14.0. The van der Waals surface area contributed by atoms with E-state index in [-0.39, 0.29) is 0 Å². The van der Waals surface area contributed by atoms with Crippen LogP contribution in [0.4, 0.5) is 0 Å². The van der Waals surface area contributed by atoms with Crippen LogP contribution in [0.25, 0.3) is 0 Å². The Morgan fingerprint density at radius 2 is 1.80 bits per heavy atom. The molecule has 2 atom stereocenters. The summed E-state index contributed by atoms with van der Waals surface area (Å²) in [6.45, 7) is 4.38. The highest BCUT2D eigenvalue weighted by atomic mass is 79.9. The van der Waals surface area contributed by atoms with Crippen molar-refractivity contribution in [3.05, 3.63) is 69.2 Å². The molecule has 2 aromatic rings. The molecule has 0 aliphatic carbocycles. The lowest BCUT2D eigenvalue weighted by molar-refractivity contribution is 0.477. The molecule has 0 saturated heterocycles. The largest absolute Gasteiger partial charge is 0.307 e. The van der Waals surface area contributed by atoms with E-state index in [0.29, 0.717) is 12.1 Å². The third-order valence-corrected chi connectivity index (χ3v) is 4.10. The van der Waals surface area contributed by atoms with E-state index in [1.54, 1.807) is 0 Å². The van der Waals surface area contributed by atoms with Gasteiger partial charge in [-0.05, 0) is 55.7 Å². The molecule has 106 valence electrons. The summed E-state index contributed by atoms with van der Waals surface area (Å²) in [6, 6.07) is 17.2. The molecule has 0 amide bonds. The van der Waals surface area contributed by atoms with Crippen molar-refractivity contribution in [1.82, 2.24) is 5.32 Å². The van der Waals surface area contributed by atoms with E-state index in [4.69, 9.17) is 11.6 Å². The molecule has 1 nitrogen and oxygen atoms in total. The van der Waals surface area contributed by atoms with Crippen molar-refractivity contribution in [2.45, 2.75) is 32.4 Å². The molecule has 3 heteroatoms. The first-order valence-electron chi connectivity index (χ1n) is 6.80. The van der Waals surface area contributed by atoms with Gasteiger partial charge in [-0.1, -0.05) is 51.8 Å². The van der Waals surface area contributed by atoms with Crippen molar-refractivity contribution in [3.8, 4) is 0 Å². The Hall–Kier alpha value is -0.830. The average Bonchev–Trinajstić information content (AvgIpc) is 2.41. The zero-order valence-corrected chi connectivity index (χ0v) is 14.1. The Morgan fingerprint density at radius 3 is 2.45 bits per heavy atom. The van der Waals surface area contributed by atoms with Crippen LogP contribution < -0.4 is 5.32 Å². The van der Waals surface area contributed by atoms with Gasteiger partial charge >= 0.3 is 0 Å². The summed E-state index contributed by atoms with van der Waals surface area (Å²) in [7, 11) is 0. The lowest BCUT2D eigenvalue weighted by Crippen LogP contribution is -2.30. The first-order valence-corrected chi connectivity index (χ1v) is 7.97. The molecule has 0 heterocycles. The topological polar surface area (TPSA) is 12.0 Å². The van der Waals surface area contributed by atoms with E-state index in [0.717, 1.165) is 15.9 Å². The SMILES string of the molecule is CC(Cc1ccc(Br)cc1)N[C@H](C)c1cccc(Cl)c1. The number of rotatable bonds is 5. The first-order chi connectivity index (χ1) is 9.54. The fourth-order valence-corrected chi connectivity index (χ4v) is 2.79. The Kier molecular flexibility index (Phi) is 5.64. The minimum absolute atomic E-state index is 0.291. The second-order valence-electron chi connectivity index (χ2n) is 5.17. The van der Waals surface area contributed by atoms with Crippen molar-refractivity contribution < 1.29 is 0 Å². The quantitative estimate of drug-likeness (QED) is 0.761. The van der Waals surface area contributed by atoms with Crippen molar-refractivity contribution in [1.29, 1.82) is 0 Å². The van der Waals surface area contributed by atoms with Gasteiger partial charge in [0.2, 0.25) is 0 Å². The lowest BCUT2D eigenvalue weighted by atomic mass is 10.0. The molecule has 2 aromatic carbocycles. The van der Waals surface area contributed by atoms with E-state index in [2.05, 4.69) is 65.4 Å². The maximum Gasteiger partial charge on any atom is 0.0409 e. The van der Waals surface area contributed by atoms with Crippen LogP contribution in [0.2, 0.25) is 5.02 Å². The summed E-state index contributed by atoms with van der Waals surface area (Å²) in [4.78, 5) is 0. The predicted octanol–water partition coefficient (Wildman–Crippen LogP) is 5.38. The smallest absolute Gasteiger partial charge is 0.0409 e. The monoisotopic (exact) mass is 351 g/mol. The molecular formula is C17H19BrClN. The predicted molar refractivity (Wildman–Crippen MR) is 90.3 cm³/mol. The maximum absolute atomic E-state index is 6.04. The zero-order valence-electron chi connectivity index (χ0n) is 11.7. The van der Waals surface area contributed by atoms with Gasteiger partial charge in [0.15, 0.2) is 0 Å². The zero-order chi connectivity index (χ0) is 14.5. The standard InChI is InChI=1S/C17H19BrClN/c1-12(10-14-6-8-16(18)9-7-14)20-13(2)15-4-3-5-17(19)11-15/h3-9,11-13,20H,10H2,1-2H3/t12?,13-/m1/s1. The number of hydrogen-bond acceptors (Lipinski definition) is 1. The van der Waals surface area contributed by atoms with Crippen LogP contribution in [0.3, 0.4) is 0 Å². The maximum atomic E-state index is 6.04. The van der Waals surface area contributed by atoms with Crippen LogP contribution in [0, 0.1) is 0 Å². The highest BCUT2D eigenvalue weighted by Crippen LogP contribution is 2.18. The molecule has 1 unspecified atom stereocenters. The molecule has 0 fully saturated rings. The van der Waals surface area contributed by atoms with Gasteiger partial charge in [0.1, 0.15) is 0 Å². The molecule has 0 aliphatic heterocycles. The minimum Gasteiger partial charge on any atom is -0.307 e. The van der Waals surface area contributed by atoms with Gasteiger partial charge < -0.3 is 5.32 Å². The molecule has 1 N–H and O–H groups in total. The highest BCUT2D eigenvalue weighted by molar-refractivity contribution is 9.10. The number of benzene rings is 2. The third kappa shape index (κ3) is 4.62. The van der Waals surface area contributed by atoms with Gasteiger partial charge in [0.05, 0.1) is 0 Å². The number of halogens is 2. The molecular weight excluding hydrogens is 334 g/mol. The van der Waals surface area contributed by atoms with Gasteiger partial charge in [-0.15, -0.1) is 0 Å². The molecule has 2 rings (SSSR count). The van der Waals surface area contributed by atoms with Gasteiger partial charge in [-0.25, -0.2) is 0 Å². The summed E-state index contributed by atoms with van der Waals surface area (Å²) < 4.78 is 1.12. The van der Waals surface area contributed by atoms with E-state index < -0.39 is 0 Å². The van der Waals surface area contributed by atoms with Crippen LogP contribution >= 0.6 is 27.5 Å². The van der Waals surface area contributed by atoms with Crippen molar-refractivity contribution >= 4 is 27.5 Å². The van der Waals surface area contributed by atoms with Gasteiger partial charge in [-0.3, -0.25) is 0 Å². The highest BCUT2D eigenvalue weighted by Gasteiger charge is 2.10. The van der Waals surface area contributed by atoms with Crippen molar-refractivity contribution in [3.63, 3.8) is 0 Å². The molecule has 20 heavy (non-hydrogen) atoms. The molecule has 0 spiro atoms. The fraction of sp³-hybridized carbons (Fsp3) is 0.294. The molecule has 0 aromatic heterocycles. The summed E-state index contributed by atoms with van der Waals surface area (Å²) in [5, 5.41) is 4.40. The van der Waals surface area contributed by atoms with Crippen molar-refractivity contribution in [2.24, 2.45) is 0 Å². The average molecular weight is 353 g/mol. The second-order valence-corrected chi connectivity index (χ2v) is 6.53. The molecule has 0 radical (unpaired) electrons. The Morgan fingerprint density at radius 1 is 1.10 bits per heavy atom. The molecule has 0 bridgehead atoms. The Balaban J connectivity index is 1.93. The van der Waals surface area contributed by atoms with E-state index >= 15 is 0 Å². The first kappa shape index (κ1) is 15.6. The summed E-state index contributed by atoms with van der Waals surface area (Å²) >= 11 is 9.50. The summed E-state index contributed by atoms with van der Waals surface area (Å²) in [6.07, 6.45) is 1.01. The Labute approximate surface area is 134 Å². The van der Waals surface area contributed by atoms with E-state index in [9.17, 15) is 0 Å². The van der Waals surface area contributed by atoms with Gasteiger partial charge in [0.25, 0.3) is 0 Å². The lowest BCUT2D eigenvalue weighted by Gasteiger charge is -2.20. The van der Waals surface area contributed by atoms with Crippen LogP contribution in [0.1, 0.15) is 31.0 Å².